The molecular formula is C37H56Mg9N2O15. The van der Waals surface area contributed by atoms with Gasteiger partial charge in [0.2, 0.25) is 0 Å². The quantitative estimate of drug-likeness (QED) is 0.0703. The molecular weight excluding hydrogens is 931 g/mol. The van der Waals surface area contributed by atoms with E-state index in [2.05, 4.69) is 72.2 Å². The number of carbonyl (C=O) groups is 6. The summed E-state index contributed by atoms with van der Waals surface area (Å²) in [6.45, 7) is 10.2. The molecule has 0 aliphatic carbocycles. The summed E-state index contributed by atoms with van der Waals surface area (Å²) in [4.78, 5) is 73.9. The first-order valence-electron chi connectivity index (χ1n) is 20.9. The normalized spacial score (nSPS) is 9.13. The number of hydrogen-bond acceptors (Lipinski definition) is 17. The molecule has 63 heavy (non-hydrogen) atoms. The Hall–Kier alpha value is 1.16. The fraction of sp³-hybridized carbons (Fsp3) is 0.514. The molecule has 2 aromatic carbocycles. The van der Waals surface area contributed by atoms with Crippen LogP contribution in [0.4, 0.5) is 11.4 Å². The summed E-state index contributed by atoms with van der Waals surface area (Å²) < 4.78 is 45.8. The van der Waals surface area contributed by atoms with Gasteiger partial charge in [-0.25, -0.2) is 9.59 Å². The molecule has 0 radical (unpaired) electrons. The van der Waals surface area contributed by atoms with Crippen molar-refractivity contribution in [3.05, 3.63) is 42.5 Å². The van der Waals surface area contributed by atoms with E-state index in [1.807, 2.05) is 0 Å². The van der Waals surface area contributed by atoms with Gasteiger partial charge in [-0.2, -0.15) is 0 Å². The Bertz CT molecular complexity index is 1580. The predicted molar refractivity (Wildman–Crippen MR) is 251 cm³/mol. The molecule has 2 rings (SSSR count). The number of carbonyl (C=O) groups excluding carboxylic acids is 6. The molecule has 0 fully saturated rings. The van der Waals surface area contributed by atoms with E-state index in [1.54, 1.807) is 84.0 Å². The number of methoxy groups -OCH3 is 1. The van der Waals surface area contributed by atoms with Crippen molar-refractivity contribution in [2.24, 2.45) is 0 Å². The van der Waals surface area contributed by atoms with Crippen LogP contribution in [0.5, 0.6) is 17.2 Å². The first-order chi connectivity index (χ1) is 30.3. The van der Waals surface area contributed by atoms with Gasteiger partial charge in [-0.05, 0) is 65.8 Å². The molecule has 0 aliphatic heterocycles. The van der Waals surface area contributed by atoms with Crippen molar-refractivity contribution in [2.75, 3.05) is 95.9 Å². The van der Waals surface area contributed by atoms with Crippen LogP contribution in [0.1, 0.15) is 47.2 Å². The fourth-order valence-electron chi connectivity index (χ4n) is 4.60. The molecule has 2 aromatic rings. The van der Waals surface area contributed by atoms with E-state index < -0.39 is 35.8 Å². The maximum atomic E-state index is 12.0. The molecule has 0 saturated heterocycles. The topological polar surface area (TPSA) is 192 Å². The van der Waals surface area contributed by atoms with Crippen LogP contribution in [0, 0.1) is 0 Å². The number of hydrogen-bond donors (Lipinski definition) is 0. The summed E-state index contributed by atoms with van der Waals surface area (Å²) in [5.74, 6) is -1.99. The van der Waals surface area contributed by atoms with Gasteiger partial charge in [-0.1, -0.05) is 12.1 Å². The zero-order valence-electron chi connectivity index (χ0n) is 42.4. The van der Waals surface area contributed by atoms with Crippen LogP contribution in [0.15, 0.2) is 42.5 Å². The first-order valence-corrected chi connectivity index (χ1v) is 48.9. The minimum absolute atomic E-state index is 0. The third-order valence-electron chi connectivity index (χ3n) is 7.27. The number of rotatable bonds is 26. The SMILES string of the molecule is CCOC(=O)COc1cc(OC)ccc1N(CC(=O)OCC)CC(=O)OCC.CCOC(=O)COc1ccccc1N(CC(=O)OCC)CC(=O)OCC.[H-].[H-].[H-].[H-].[Mg+][Mg][Mg][Mg+].[Mg+][Mg][Mg][Mg][Mg+]. The van der Waals surface area contributed by atoms with E-state index in [1.165, 1.54) is 16.9 Å². The van der Waals surface area contributed by atoms with Gasteiger partial charge < -0.3 is 58.1 Å². The third-order valence-corrected chi connectivity index (χ3v) is 67.3. The van der Waals surface area contributed by atoms with Gasteiger partial charge in [-0.15, -0.1) is 0 Å². The molecule has 0 unspecified atom stereocenters. The van der Waals surface area contributed by atoms with Crippen molar-refractivity contribution in [1.29, 1.82) is 0 Å². The number of nitrogens with zero attached hydrogens (tertiary/aromatic N) is 2. The molecule has 0 aromatic heterocycles. The zero-order chi connectivity index (χ0) is 47.8. The molecule has 17 nitrogen and oxygen atoms in total. The molecule has 0 saturated carbocycles. The van der Waals surface area contributed by atoms with Gasteiger partial charge in [-0.3, -0.25) is 19.2 Å². The third kappa shape index (κ3) is 35.0. The van der Waals surface area contributed by atoms with E-state index in [-0.39, 0.29) is 90.5 Å². The van der Waals surface area contributed by atoms with E-state index in [0.29, 0.717) is 75.1 Å². The van der Waals surface area contributed by atoms with Gasteiger partial charge in [0.15, 0.2) is 13.2 Å². The molecule has 0 spiro atoms. The number of anilines is 2. The van der Waals surface area contributed by atoms with Crippen LogP contribution >= 0.6 is 0 Å². The van der Waals surface area contributed by atoms with Crippen LogP contribution in [-0.4, -0.2) is 259 Å². The monoisotopic (exact) mass is 984 g/mol. The van der Waals surface area contributed by atoms with Crippen molar-refractivity contribution >= 4 is 185 Å². The van der Waals surface area contributed by atoms with E-state index in [4.69, 9.17) is 42.6 Å². The molecule has 0 amide bonds. The molecule has 0 N–H and O–H groups in total. The summed E-state index contributed by atoms with van der Waals surface area (Å²) >= 11 is 12.3. The first kappa shape index (κ1) is 66.2. The summed E-state index contributed by atoms with van der Waals surface area (Å²) in [5.41, 5.74) is 0.879. The van der Waals surface area contributed by atoms with Crippen LogP contribution in [0.25, 0.3) is 0 Å². The van der Waals surface area contributed by atoms with Gasteiger partial charge in [0.05, 0.1) is 58.1 Å². The minimum atomic E-state index is -0.543. The van der Waals surface area contributed by atoms with Gasteiger partial charge in [0.1, 0.15) is 43.4 Å². The maximum absolute atomic E-state index is 12.0. The molecule has 0 aliphatic rings. The Morgan fingerprint density at radius 3 is 1.17 bits per heavy atom. The predicted octanol–water partition coefficient (Wildman–Crippen LogP) is 0.154. The van der Waals surface area contributed by atoms with Crippen molar-refractivity contribution in [3.8, 4) is 17.2 Å². The molecule has 0 bridgehead atoms. The van der Waals surface area contributed by atoms with Crippen LogP contribution in [-0.2, 0) is 57.2 Å². The van der Waals surface area contributed by atoms with Crippen molar-refractivity contribution in [2.45, 2.75) is 41.5 Å². The van der Waals surface area contributed by atoms with Crippen molar-refractivity contribution in [3.63, 3.8) is 0 Å². The van der Waals surface area contributed by atoms with E-state index in [0.717, 1.165) is 13.1 Å². The van der Waals surface area contributed by atoms with Gasteiger partial charge in [0.25, 0.3) is 0 Å². The zero-order valence-corrected chi connectivity index (χ0v) is 51.1. The Morgan fingerprint density at radius 1 is 0.492 bits per heavy atom. The average molecular weight is 988 g/mol. The molecule has 26 heteroatoms. The summed E-state index contributed by atoms with van der Waals surface area (Å²) in [7, 11) is 1.49. The second-order valence-electron chi connectivity index (χ2n) is 12.2. The van der Waals surface area contributed by atoms with Crippen LogP contribution in [0.2, 0.25) is 0 Å². The van der Waals surface area contributed by atoms with Crippen molar-refractivity contribution < 1.29 is 77.1 Å². The second kappa shape index (κ2) is 45.6. The molecule has 0 atom stereocenters. The second-order valence-corrected chi connectivity index (χ2v) is 58.2. The summed E-state index contributed by atoms with van der Waals surface area (Å²) in [5, 5.41) is 0. The van der Waals surface area contributed by atoms with Crippen LogP contribution in [0.3, 0.4) is 0 Å². The average Bonchev–Trinajstić information content (AvgIpc) is 3.26. The molecule has 0 heterocycles. The standard InChI is InChI=1S/C19H27NO8.C18H25NO7.9Mg.4H/c1-5-25-17(21)11-20(12-18(22)26-6-2)15-9-8-14(24-4)10-16(15)28-13-19(23)27-7-3;1-4-23-16(20)11-19(12-17(21)24-5-2)14-9-7-8-10-15(14)26-13-18(22)25-6-3;;;;;;;;;;;;;/h8-10H,5-7,11-13H2,1-4H3;7-10H,4-6,11-13H2,1-3H3;;;;;;;;;;;;;/q;;;;;;;4*+1;4*-1. The van der Waals surface area contributed by atoms with Gasteiger partial charge in [0, 0.05) is 6.07 Å². The number of esters is 6. The number of benzene rings is 2. The Labute approximate surface area is 452 Å². The van der Waals surface area contributed by atoms with Crippen molar-refractivity contribution in [1.82, 2.24) is 0 Å². The Balaban J connectivity index is -0.000000223. The summed E-state index contributed by atoms with van der Waals surface area (Å²) in [6.07, 6.45) is 0. The van der Waals surface area contributed by atoms with Gasteiger partial charge >= 0.3 is 173 Å². The van der Waals surface area contributed by atoms with E-state index in [9.17, 15) is 28.8 Å². The number of ether oxygens (including phenoxy) is 9. The fourth-order valence-corrected chi connectivity index (χ4v) is 47.4. The van der Waals surface area contributed by atoms with Crippen LogP contribution < -0.4 is 24.0 Å². The Kier molecular flexibility index (Phi) is 47.9. The Morgan fingerprint density at radius 2 is 0.841 bits per heavy atom. The summed E-state index contributed by atoms with van der Waals surface area (Å²) in [6, 6.07) is 11.6. The molecule has 322 valence electrons. The van der Waals surface area contributed by atoms with E-state index >= 15 is 0 Å². The number of para-hydroxylation sites is 2.